The lowest BCUT2D eigenvalue weighted by molar-refractivity contribution is -0.119. The molecular weight excluding hydrogens is 476 g/mol. The fraction of sp³-hybridized carbons (Fsp3) is 0.391. The summed E-state index contributed by atoms with van der Waals surface area (Å²) in [5.41, 5.74) is 5.19. The Hall–Kier alpha value is -3.54. The number of nitrogens with zero attached hydrogens (tertiary/aromatic N) is 5. The number of benzene rings is 1. The Morgan fingerprint density at radius 2 is 2.00 bits per heavy atom. The van der Waals surface area contributed by atoms with Crippen LogP contribution in [0.3, 0.4) is 0 Å². The minimum Gasteiger partial charge on any atom is -0.375 e. The van der Waals surface area contributed by atoms with E-state index < -0.39 is 23.2 Å². The molecule has 0 saturated carbocycles. The Bertz CT molecular complexity index is 1270. The number of carbonyl (C=O) groups is 2. The molecule has 4 heterocycles. The summed E-state index contributed by atoms with van der Waals surface area (Å²) in [6, 6.07) is 3.44. The van der Waals surface area contributed by atoms with Gasteiger partial charge in [-0.15, -0.1) is 11.3 Å². The van der Waals surface area contributed by atoms with Crippen molar-refractivity contribution in [3.05, 3.63) is 47.1 Å². The molecule has 184 valence electrons. The lowest BCUT2D eigenvalue weighted by Crippen LogP contribution is -2.42. The molecular formula is C23H25F2N7O2S. The van der Waals surface area contributed by atoms with Crippen molar-refractivity contribution in [3.8, 4) is 0 Å². The normalized spacial score (nSPS) is 20.2. The van der Waals surface area contributed by atoms with E-state index in [1.165, 1.54) is 17.6 Å². The van der Waals surface area contributed by atoms with E-state index in [0.29, 0.717) is 31.7 Å². The van der Waals surface area contributed by atoms with Gasteiger partial charge in [-0.25, -0.2) is 13.8 Å². The molecule has 9 nitrogen and oxygen atoms in total. The Morgan fingerprint density at radius 1 is 1.23 bits per heavy atom. The van der Waals surface area contributed by atoms with E-state index in [0.717, 1.165) is 47.6 Å². The minimum atomic E-state index is -0.889. The second-order valence-corrected chi connectivity index (χ2v) is 9.82. The highest BCUT2D eigenvalue weighted by Gasteiger charge is 2.40. The monoisotopic (exact) mass is 501 g/mol. The van der Waals surface area contributed by atoms with Crippen LogP contribution in [0, 0.1) is 11.6 Å². The summed E-state index contributed by atoms with van der Waals surface area (Å²) in [7, 11) is 1.72. The molecule has 2 aromatic heterocycles. The molecule has 2 saturated heterocycles. The number of rotatable bonds is 4. The topological polar surface area (TPSA) is 109 Å². The molecule has 35 heavy (non-hydrogen) atoms. The van der Waals surface area contributed by atoms with Crippen LogP contribution in [0.25, 0.3) is 0 Å². The van der Waals surface area contributed by atoms with Gasteiger partial charge >= 0.3 is 0 Å². The van der Waals surface area contributed by atoms with Gasteiger partial charge in [-0.1, -0.05) is 6.07 Å². The number of amides is 2. The molecule has 5 rings (SSSR count). The van der Waals surface area contributed by atoms with E-state index in [1.807, 2.05) is 0 Å². The van der Waals surface area contributed by atoms with Crippen molar-refractivity contribution in [3.63, 3.8) is 0 Å². The molecule has 0 bridgehead atoms. The second kappa shape index (κ2) is 8.91. The first kappa shape index (κ1) is 23.2. The summed E-state index contributed by atoms with van der Waals surface area (Å²) in [6.07, 6.45) is 5.08. The van der Waals surface area contributed by atoms with E-state index in [1.54, 1.807) is 11.7 Å². The van der Waals surface area contributed by atoms with Gasteiger partial charge in [0.25, 0.3) is 5.91 Å². The van der Waals surface area contributed by atoms with Gasteiger partial charge in [0.1, 0.15) is 28.7 Å². The van der Waals surface area contributed by atoms with Crippen molar-refractivity contribution < 1.29 is 18.4 Å². The first-order valence-corrected chi connectivity index (χ1v) is 12.2. The highest BCUT2D eigenvalue weighted by atomic mass is 32.1. The number of thiazole rings is 1. The van der Waals surface area contributed by atoms with Crippen LogP contribution in [0.2, 0.25) is 0 Å². The van der Waals surface area contributed by atoms with Crippen LogP contribution in [0.1, 0.15) is 42.6 Å². The lowest BCUT2D eigenvalue weighted by atomic mass is 9.89. The number of carbonyl (C=O) groups excluding carboxylic acids is 2. The van der Waals surface area contributed by atoms with Crippen molar-refractivity contribution in [1.29, 1.82) is 0 Å². The van der Waals surface area contributed by atoms with Crippen LogP contribution < -0.4 is 20.9 Å². The number of halogens is 2. The maximum absolute atomic E-state index is 15.0. The Balaban J connectivity index is 1.57. The average molecular weight is 502 g/mol. The molecule has 1 aromatic carbocycles. The van der Waals surface area contributed by atoms with E-state index >= 15 is 0 Å². The maximum atomic E-state index is 15.0. The number of anilines is 4. The average Bonchev–Trinajstić information content (AvgIpc) is 3.48. The van der Waals surface area contributed by atoms with Crippen LogP contribution in [0.4, 0.5) is 31.1 Å². The van der Waals surface area contributed by atoms with Gasteiger partial charge in [0.15, 0.2) is 10.9 Å². The molecule has 3 N–H and O–H groups in total. The first-order chi connectivity index (χ1) is 16.8. The van der Waals surface area contributed by atoms with Gasteiger partial charge in [-0.2, -0.15) is 5.10 Å². The summed E-state index contributed by atoms with van der Waals surface area (Å²) >= 11 is 1.07. The molecule has 12 heteroatoms. The van der Waals surface area contributed by atoms with Crippen molar-refractivity contribution in [2.75, 3.05) is 28.6 Å². The van der Waals surface area contributed by atoms with Gasteiger partial charge in [0, 0.05) is 37.5 Å². The predicted molar refractivity (Wildman–Crippen MR) is 129 cm³/mol. The second-order valence-electron chi connectivity index (χ2n) is 8.93. The van der Waals surface area contributed by atoms with Crippen LogP contribution in [-0.2, 0) is 11.8 Å². The Morgan fingerprint density at radius 3 is 2.66 bits per heavy atom. The minimum absolute atomic E-state index is 0.0200. The number of nitrogens with one attached hydrogen (secondary N) is 1. The van der Waals surface area contributed by atoms with Crippen molar-refractivity contribution in [1.82, 2.24) is 20.1 Å². The van der Waals surface area contributed by atoms with Gasteiger partial charge in [0.05, 0.1) is 6.20 Å². The van der Waals surface area contributed by atoms with Gasteiger partial charge in [0.2, 0.25) is 5.91 Å². The summed E-state index contributed by atoms with van der Waals surface area (Å²) in [5, 5.41) is 9.10. The fourth-order valence-electron chi connectivity index (χ4n) is 5.03. The molecule has 2 fully saturated rings. The molecule has 3 aromatic rings. The summed E-state index contributed by atoms with van der Waals surface area (Å²) < 4.78 is 31.6. The van der Waals surface area contributed by atoms with E-state index in [4.69, 9.17) is 5.73 Å². The summed E-state index contributed by atoms with van der Waals surface area (Å²) in [4.78, 5) is 32.6. The van der Waals surface area contributed by atoms with E-state index in [2.05, 4.69) is 20.3 Å². The van der Waals surface area contributed by atoms with Crippen molar-refractivity contribution in [2.45, 2.75) is 37.6 Å². The zero-order valence-corrected chi connectivity index (χ0v) is 19.9. The summed E-state index contributed by atoms with van der Waals surface area (Å²) in [5.74, 6) is -1.88. The largest absolute Gasteiger partial charge is 0.375 e. The van der Waals surface area contributed by atoms with Crippen LogP contribution in [0.5, 0.6) is 0 Å². The highest BCUT2D eigenvalue weighted by molar-refractivity contribution is 7.13. The smallest absolute Gasteiger partial charge is 0.282 e. The van der Waals surface area contributed by atoms with Gasteiger partial charge in [-0.3, -0.25) is 19.2 Å². The fourth-order valence-corrected chi connectivity index (χ4v) is 5.57. The third-order valence-corrected chi connectivity index (χ3v) is 7.39. The third-order valence-electron chi connectivity index (χ3n) is 6.71. The molecule has 1 atom stereocenters. The van der Waals surface area contributed by atoms with Crippen LogP contribution in [0.15, 0.2) is 29.8 Å². The molecule has 2 amide bonds. The van der Waals surface area contributed by atoms with Crippen molar-refractivity contribution in [2.24, 2.45) is 7.05 Å². The van der Waals surface area contributed by atoms with Gasteiger partial charge in [-0.05, 0) is 37.8 Å². The van der Waals surface area contributed by atoms with Gasteiger partial charge < -0.3 is 16.0 Å². The molecule has 1 spiro atoms. The van der Waals surface area contributed by atoms with E-state index in [-0.39, 0.29) is 28.0 Å². The Kier molecular flexibility index (Phi) is 5.91. The predicted octanol–water partition coefficient (Wildman–Crippen LogP) is 3.35. The number of para-hydroxylation sites is 1. The summed E-state index contributed by atoms with van der Waals surface area (Å²) in [6.45, 7) is 1.22. The molecule has 0 unspecified atom stereocenters. The van der Waals surface area contributed by atoms with Crippen LogP contribution in [-0.4, -0.2) is 45.2 Å². The lowest BCUT2D eigenvalue weighted by Gasteiger charge is -2.30. The number of aromatic nitrogens is 3. The number of aryl methyl sites for hydroxylation is 1. The quantitative estimate of drug-likeness (QED) is 0.568. The zero-order valence-electron chi connectivity index (χ0n) is 19.1. The highest BCUT2D eigenvalue weighted by Crippen LogP contribution is 2.40. The van der Waals surface area contributed by atoms with Crippen LogP contribution >= 0.6 is 11.3 Å². The number of nitrogen functional groups attached to an aromatic ring is 1. The van der Waals surface area contributed by atoms with E-state index in [9.17, 15) is 18.4 Å². The molecule has 0 aliphatic carbocycles. The SMILES string of the molecule is Cn1ncc(N(C(=O)c2csc(N)n2)c2c(F)cccc2F)c1N1CCC[C@]2(CCC(=O)N2)CC1. The molecule has 2 aliphatic rings. The number of hydrogen-bond donors (Lipinski definition) is 2. The Labute approximate surface area is 204 Å². The maximum Gasteiger partial charge on any atom is 0.282 e. The van der Waals surface area contributed by atoms with Crippen molar-refractivity contribution >= 4 is 45.5 Å². The standard InChI is InChI=1S/C23H25F2N7O2S/c1-30-20(31-10-3-7-23(9-11-31)8-6-18(33)29-23)17(12-27-30)32(19-14(24)4-2-5-15(19)25)21(34)16-13-35-22(26)28-16/h2,4-5,12-13H,3,6-11H2,1H3,(H2,26,28)(H,29,33)/t23-/m0/s1. The molecule has 2 aliphatic heterocycles. The third kappa shape index (κ3) is 4.22. The number of hydrogen-bond acceptors (Lipinski definition) is 7. The zero-order chi connectivity index (χ0) is 24.7. The number of nitrogens with two attached hydrogens (primary N) is 1. The first-order valence-electron chi connectivity index (χ1n) is 11.4. The molecule has 0 radical (unpaired) electrons.